The molecule has 1 saturated heterocycles. The molecule has 1 amide bonds. The van der Waals surface area contributed by atoms with E-state index in [9.17, 15) is 9.59 Å². The Morgan fingerprint density at radius 3 is 2.70 bits per heavy atom. The lowest BCUT2D eigenvalue weighted by Crippen LogP contribution is -2.25. The fourth-order valence-corrected chi connectivity index (χ4v) is 3.33. The zero-order chi connectivity index (χ0) is 14.5. The van der Waals surface area contributed by atoms with Gasteiger partial charge in [0.25, 0.3) is 0 Å². The van der Waals surface area contributed by atoms with Crippen molar-refractivity contribution in [3.05, 3.63) is 16.5 Å². The Balaban J connectivity index is 1.92. The van der Waals surface area contributed by atoms with Gasteiger partial charge in [0.15, 0.2) is 0 Å². The second kappa shape index (κ2) is 6.85. The molecule has 0 atom stereocenters. The number of hydrogen-bond donors (Lipinski definition) is 2. The maximum Gasteiger partial charge on any atom is 0.338 e. The Hall–Kier alpha value is -1.40. The highest BCUT2D eigenvalue weighted by molar-refractivity contribution is 7.16. The second-order valence-corrected chi connectivity index (χ2v) is 6.10. The average molecular weight is 296 g/mol. The fraction of sp³-hybridized carbons (Fsp3) is 0.571. The maximum absolute atomic E-state index is 11.9. The number of aromatic carboxylic acids is 1. The third-order valence-electron chi connectivity index (χ3n) is 3.47. The van der Waals surface area contributed by atoms with Crippen LogP contribution in [0.4, 0.5) is 5.00 Å². The minimum atomic E-state index is -0.990. The molecule has 0 aromatic carbocycles. The number of carbonyl (C=O) groups excluding carboxylic acids is 1. The van der Waals surface area contributed by atoms with Gasteiger partial charge in [-0.05, 0) is 38.4 Å². The maximum atomic E-state index is 11.9. The van der Waals surface area contributed by atoms with Crippen molar-refractivity contribution in [2.45, 2.75) is 32.6 Å². The standard InChI is InChI=1S/C14H20N2O3S/c1-2-10-9-11(14(18)19)13(20-10)15-12(17)5-8-16-6-3-4-7-16/h9H,2-8H2,1H3,(H,15,17)(H,18,19). The van der Waals surface area contributed by atoms with Gasteiger partial charge in [-0.1, -0.05) is 6.92 Å². The van der Waals surface area contributed by atoms with Crippen LogP contribution < -0.4 is 5.32 Å². The second-order valence-electron chi connectivity index (χ2n) is 4.96. The van der Waals surface area contributed by atoms with Crippen molar-refractivity contribution in [2.24, 2.45) is 0 Å². The number of amides is 1. The van der Waals surface area contributed by atoms with Gasteiger partial charge in [-0.3, -0.25) is 4.79 Å². The van der Waals surface area contributed by atoms with Gasteiger partial charge < -0.3 is 15.3 Å². The minimum absolute atomic E-state index is 0.107. The average Bonchev–Trinajstić information content (AvgIpc) is 3.05. The Morgan fingerprint density at radius 2 is 2.10 bits per heavy atom. The number of carbonyl (C=O) groups is 2. The van der Waals surface area contributed by atoms with Gasteiger partial charge in [0.2, 0.25) is 5.91 Å². The zero-order valence-electron chi connectivity index (χ0n) is 11.6. The number of hydrogen-bond acceptors (Lipinski definition) is 4. The molecule has 2 N–H and O–H groups in total. The quantitative estimate of drug-likeness (QED) is 0.846. The van der Waals surface area contributed by atoms with E-state index in [-0.39, 0.29) is 11.5 Å². The molecule has 1 aromatic heterocycles. The van der Waals surface area contributed by atoms with Gasteiger partial charge >= 0.3 is 5.97 Å². The summed E-state index contributed by atoms with van der Waals surface area (Å²) in [6, 6.07) is 1.64. The first-order valence-corrected chi connectivity index (χ1v) is 7.80. The molecule has 2 heterocycles. The van der Waals surface area contributed by atoms with Crippen molar-refractivity contribution in [3.8, 4) is 0 Å². The molecule has 1 aliphatic rings. The molecular weight excluding hydrogens is 276 g/mol. The van der Waals surface area contributed by atoms with Gasteiger partial charge in [0.05, 0.1) is 5.56 Å². The Bertz CT molecular complexity index is 493. The van der Waals surface area contributed by atoms with Crippen LogP contribution in [0.5, 0.6) is 0 Å². The van der Waals surface area contributed by atoms with Crippen molar-refractivity contribution in [2.75, 3.05) is 25.0 Å². The van der Waals surface area contributed by atoms with E-state index in [1.165, 1.54) is 24.2 Å². The molecule has 1 aromatic rings. The lowest BCUT2D eigenvalue weighted by Gasteiger charge is -2.13. The Kier molecular flexibility index (Phi) is 5.14. The summed E-state index contributed by atoms with van der Waals surface area (Å²) in [6.45, 7) is 4.84. The lowest BCUT2D eigenvalue weighted by atomic mass is 10.2. The molecule has 0 aliphatic carbocycles. The van der Waals surface area contributed by atoms with E-state index < -0.39 is 5.97 Å². The van der Waals surface area contributed by atoms with Crippen molar-refractivity contribution in [3.63, 3.8) is 0 Å². The van der Waals surface area contributed by atoms with Gasteiger partial charge in [-0.25, -0.2) is 4.79 Å². The molecule has 5 nitrogen and oxygen atoms in total. The van der Waals surface area contributed by atoms with E-state index in [1.54, 1.807) is 6.07 Å². The summed E-state index contributed by atoms with van der Waals surface area (Å²) < 4.78 is 0. The van der Waals surface area contributed by atoms with Crippen LogP contribution in [-0.2, 0) is 11.2 Å². The van der Waals surface area contributed by atoms with Crippen molar-refractivity contribution < 1.29 is 14.7 Å². The van der Waals surface area contributed by atoms with E-state index in [0.717, 1.165) is 30.9 Å². The van der Waals surface area contributed by atoms with E-state index in [0.29, 0.717) is 11.4 Å². The largest absolute Gasteiger partial charge is 0.478 e. The Labute approximate surface area is 122 Å². The molecule has 1 fully saturated rings. The SMILES string of the molecule is CCc1cc(C(=O)O)c(NC(=O)CCN2CCCC2)s1. The molecule has 1 aliphatic heterocycles. The first-order chi connectivity index (χ1) is 9.60. The van der Waals surface area contributed by atoms with Crippen LogP contribution in [0.2, 0.25) is 0 Å². The van der Waals surface area contributed by atoms with Crippen molar-refractivity contribution in [1.29, 1.82) is 0 Å². The number of nitrogens with one attached hydrogen (secondary N) is 1. The van der Waals surface area contributed by atoms with Crippen molar-refractivity contribution >= 4 is 28.2 Å². The zero-order valence-corrected chi connectivity index (χ0v) is 12.5. The van der Waals surface area contributed by atoms with Gasteiger partial charge in [0, 0.05) is 17.8 Å². The molecule has 0 radical (unpaired) electrons. The van der Waals surface area contributed by atoms with Crippen molar-refractivity contribution in [1.82, 2.24) is 4.90 Å². The first kappa shape index (κ1) is 15.0. The predicted molar refractivity (Wildman–Crippen MR) is 79.6 cm³/mol. The third kappa shape index (κ3) is 3.80. The van der Waals surface area contributed by atoms with E-state index in [4.69, 9.17) is 5.11 Å². The molecule has 20 heavy (non-hydrogen) atoms. The summed E-state index contributed by atoms with van der Waals surface area (Å²) in [7, 11) is 0. The summed E-state index contributed by atoms with van der Waals surface area (Å²) >= 11 is 1.35. The highest BCUT2D eigenvalue weighted by Crippen LogP contribution is 2.28. The first-order valence-electron chi connectivity index (χ1n) is 6.98. The number of aryl methyl sites for hydroxylation is 1. The molecule has 0 saturated carbocycles. The molecule has 0 unspecified atom stereocenters. The topological polar surface area (TPSA) is 69.6 Å². The highest BCUT2D eigenvalue weighted by atomic mass is 32.1. The number of nitrogens with zero attached hydrogens (tertiary/aromatic N) is 1. The summed E-state index contributed by atoms with van der Waals surface area (Å²) in [5, 5.41) is 12.3. The van der Waals surface area contributed by atoms with E-state index >= 15 is 0 Å². The fourth-order valence-electron chi connectivity index (χ4n) is 2.32. The summed E-state index contributed by atoms with van der Waals surface area (Å²) in [6.07, 6.45) is 3.60. The van der Waals surface area contributed by atoms with Crippen LogP contribution in [0.15, 0.2) is 6.07 Å². The smallest absolute Gasteiger partial charge is 0.338 e. The number of carboxylic acids is 1. The van der Waals surface area contributed by atoms with Crippen LogP contribution in [0.3, 0.4) is 0 Å². The van der Waals surface area contributed by atoms with Crippen LogP contribution in [0.1, 0.15) is 41.4 Å². The van der Waals surface area contributed by atoms with Gasteiger partial charge in [0.1, 0.15) is 5.00 Å². The molecule has 0 spiro atoms. The summed E-state index contributed by atoms with van der Waals surface area (Å²) in [5.74, 6) is -1.10. The molecule has 2 rings (SSSR count). The monoisotopic (exact) mass is 296 g/mol. The molecule has 6 heteroatoms. The van der Waals surface area contributed by atoms with Crippen LogP contribution in [-0.4, -0.2) is 41.5 Å². The van der Waals surface area contributed by atoms with Crippen LogP contribution >= 0.6 is 11.3 Å². The third-order valence-corrected chi connectivity index (χ3v) is 4.66. The Morgan fingerprint density at radius 1 is 1.40 bits per heavy atom. The van der Waals surface area contributed by atoms with Gasteiger partial charge in [-0.15, -0.1) is 11.3 Å². The summed E-state index contributed by atoms with van der Waals surface area (Å²) in [4.78, 5) is 26.3. The normalized spacial score (nSPS) is 15.4. The summed E-state index contributed by atoms with van der Waals surface area (Å²) in [5.41, 5.74) is 0.196. The lowest BCUT2D eigenvalue weighted by molar-refractivity contribution is -0.116. The molecule has 110 valence electrons. The number of rotatable bonds is 6. The van der Waals surface area contributed by atoms with Crippen LogP contribution in [0, 0.1) is 0 Å². The van der Waals surface area contributed by atoms with E-state index in [2.05, 4.69) is 10.2 Å². The van der Waals surface area contributed by atoms with Gasteiger partial charge in [-0.2, -0.15) is 0 Å². The van der Waals surface area contributed by atoms with Crippen LogP contribution in [0.25, 0.3) is 0 Å². The minimum Gasteiger partial charge on any atom is -0.478 e. The van der Waals surface area contributed by atoms with E-state index in [1.807, 2.05) is 6.92 Å². The number of carboxylic acid groups (broad SMARTS) is 1. The molecule has 0 bridgehead atoms. The molecular formula is C14H20N2O3S. The number of likely N-dealkylation sites (tertiary alicyclic amines) is 1. The number of thiophene rings is 1. The predicted octanol–water partition coefficient (Wildman–Crippen LogP) is 2.43. The highest BCUT2D eigenvalue weighted by Gasteiger charge is 2.18. The number of anilines is 1.